The van der Waals surface area contributed by atoms with Crippen LogP contribution in [0.25, 0.3) is 0 Å². The van der Waals surface area contributed by atoms with Crippen molar-refractivity contribution >= 4 is 11.8 Å². The number of rotatable bonds is 3. The molecule has 0 unspecified atom stereocenters. The zero-order chi connectivity index (χ0) is 17.6. The fourth-order valence-electron chi connectivity index (χ4n) is 3.89. The van der Waals surface area contributed by atoms with Crippen LogP contribution in [0, 0.1) is 5.92 Å². The molecule has 1 aliphatic carbocycles. The number of nitrogens with one attached hydrogen (secondary N) is 1. The Bertz CT molecular complexity index is 582. The highest BCUT2D eigenvalue weighted by Gasteiger charge is 2.32. The fraction of sp³-hybridized carbons (Fsp3) is 0.600. The van der Waals surface area contributed by atoms with E-state index in [1.165, 1.54) is 12.8 Å². The summed E-state index contributed by atoms with van der Waals surface area (Å²) in [5, 5.41) is 13.5. The zero-order valence-electron chi connectivity index (χ0n) is 14.7. The first-order valence-corrected chi connectivity index (χ1v) is 9.48. The number of amides is 2. The van der Waals surface area contributed by atoms with E-state index in [9.17, 15) is 14.7 Å². The molecule has 0 spiro atoms. The van der Waals surface area contributed by atoms with Gasteiger partial charge >= 0.3 is 0 Å². The number of hydrogen-bond acceptors (Lipinski definition) is 3. The highest BCUT2D eigenvalue weighted by molar-refractivity contribution is 5.94. The number of β-amino-alcohol motifs (C(OH)–C–C–N with tert-alkyl or cyclic N) is 1. The van der Waals surface area contributed by atoms with Crippen LogP contribution in [-0.2, 0) is 4.79 Å². The molecule has 1 aromatic rings. The standard InChI is InChI=1S/C20H28N2O3/c23-18-14-22(20(25)16-10-6-3-7-11-16)13-12-17(18)21-19(24)15-8-4-1-2-5-9-15/h3,6-7,10-11,15,17-18,23H,1-2,4-5,8-9,12-14H2,(H,21,24)/t17-,18-/m1/s1. The van der Waals surface area contributed by atoms with E-state index >= 15 is 0 Å². The Kier molecular flexibility index (Phi) is 6.08. The summed E-state index contributed by atoms with van der Waals surface area (Å²) in [6.45, 7) is 0.823. The van der Waals surface area contributed by atoms with Crippen LogP contribution in [0.2, 0.25) is 0 Å². The third-order valence-electron chi connectivity index (χ3n) is 5.44. The van der Waals surface area contributed by atoms with Gasteiger partial charge in [0.05, 0.1) is 12.1 Å². The normalized spacial score (nSPS) is 25.2. The number of piperidine rings is 1. The van der Waals surface area contributed by atoms with E-state index in [-0.39, 0.29) is 30.3 Å². The van der Waals surface area contributed by atoms with Gasteiger partial charge in [0.1, 0.15) is 0 Å². The summed E-state index contributed by atoms with van der Waals surface area (Å²) in [6, 6.07) is 8.87. The summed E-state index contributed by atoms with van der Waals surface area (Å²) in [6.07, 6.45) is 6.45. The van der Waals surface area contributed by atoms with Gasteiger partial charge in [-0.25, -0.2) is 0 Å². The van der Waals surface area contributed by atoms with E-state index < -0.39 is 6.10 Å². The van der Waals surface area contributed by atoms with Crippen LogP contribution in [-0.4, -0.2) is 47.1 Å². The minimum Gasteiger partial charge on any atom is -0.389 e. The number of aliphatic hydroxyl groups excluding tert-OH is 1. The first kappa shape index (κ1) is 17.9. The van der Waals surface area contributed by atoms with Crippen LogP contribution in [0.15, 0.2) is 30.3 Å². The Labute approximate surface area is 149 Å². The van der Waals surface area contributed by atoms with Crippen LogP contribution >= 0.6 is 0 Å². The molecule has 5 nitrogen and oxygen atoms in total. The molecule has 1 saturated heterocycles. The van der Waals surface area contributed by atoms with Crippen molar-refractivity contribution in [3.8, 4) is 0 Å². The largest absolute Gasteiger partial charge is 0.389 e. The number of carbonyl (C=O) groups excluding carboxylic acids is 2. The number of benzene rings is 1. The van der Waals surface area contributed by atoms with Crippen molar-refractivity contribution in [3.63, 3.8) is 0 Å². The van der Waals surface area contributed by atoms with Gasteiger partial charge in [-0.05, 0) is 31.4 Å². The van der Waals surface area contributed by atoms with Crippen LogP contribution < -0.4 is 5.32 Å². The van der Waals surface area contributed by atoms with E-state index in [2.05, 4.69) is 5.32 Å². The molecule has 2 N–H and O–H groups in total. The molecular formula is C20H28N2O3. The maximum atomic E-state index is 12.5. The molecule has 2 fully saturated rings. The lowest BCUT2D eigenvalue weighted by molar-refractivity contribution is -0.127. The van der Waals surface area contributed by atoms with Gasteiger partial charge in [-0.15, -0.1) is 0 Å². The lowest BCUT2D eigenvalue weighted by Crippen LogP contribution is -2.56. The van der Waals surface area contributed by atoms with Gasteiger partial charge in [0, 0.05) is 24.6 Å². The van der Waals surface area contributed by atoms with Gasteiger partial charge in [0.2, 0.25) is 5.91 Å². The van der Waals surface area contributed by atoms with Crippen molar-refractivity contribution in [2.45, 2.75) is 57.1 Å². The third kappa shape index (κ3) is 4.60. The quantitative estimate of drug-likeness (QED) is 0.827. The molecule has 3 rings (SSSR count). The minimum absolute atomic E-state index is 0.0619. The fourth-order valence-corrected chi connectivity index (χ4v) is 3.89. The molecule has 2 aliphatic rings. The van der Waals surface area contributed by atoms with Crippen LogP contribution in [0.5, 0.6) is 0 Å². The SMILES string of the molecule is O=C(N[C@@H]1CCN(C(=O)c2ccccc2)C[C@H]1O)C1CCCCCC1. The average molecular weight is 344 g/mol. The van der Waals surface area contributed by atoms with Gasteiger partial charge in [-0.2, -0.15) is 0 Å². The predicted octanol–water partition coefficient (Wildman–Crippen LogP) is 2.35. The lowest BCUT2D eigenvalue weighted by atomic mass is 9.96. The molecule has 0 aromatic heterocycles. The van der Waals surface area contributed by atoms with Crippen molar-refractivity contribution in [2.24, 2.45) is 5.92 Å². The van der Waals surface area contributed by atoms with Crippen LogP contribution in [0.3, 0.4) is 0 Å². The molecule has 1 saturated carbocycles. The number of likely N-dealkylation sites (tertiary alicyclic amines) is 1. The second-order valence-electron chi connectivity index (χ2n) is 7.28. The summed E-state index contributed by atoms with van der Waals surface area (Å²) >= 11 is 0. The number of nitrogens with zero attached hydrogens (tertiary/aromatic N) is 1. The number of hydrogen-bond donors (Lipinski definition) is 2. The molecule has 136 valence electrons. The zero-order valence-corrected chi connectivity index (χ0v) is 14.7. The molecule has 0 radical (unpaired) electrons. The van der Waals surface area contributed by atoms with E-state index in [4.69, 9.17) is 0 Å². The van der Waals surface area contributed by atoms with Gasteiger partial charge < -0.3 is 15.3 Å². The van der Waals surface area contributed by atoms with Crippen molar-refractivity contribution in [1.29, 1.82) is 0 Å². The molecular weight excluding hydrogens is 316 g/mol. The maximum absolute atomic E-state index is 12.5. The molecule has 1 heterocycles. The molecule has 25 heavy (non-hydrogen) atoms. The Hall–Kier alpha value is -1.88. The molecule has 5 heteroatoms. The maximum Gasteiger partial charge on any atom is 0.253 e. The first-order valence-electron chi connectivity index (χ1n) is 9.48. The van der Waals surface area contributed by atoms with Crippen molar-refractivity contribution in [2.75, 3.05) is 13.1 Å². The Morgan fingerprint density at radius 1 is 1.00 bits per heavy atom. The van der Waals surface area contributed by atoms with E-state index in [0.717, 1.165) is 25.7 Å². The van der Waals surface area contributed by atoms with E-state index in [0.29, 0.717) is 18.5 Å². The summed E-state index contributed by atoms with van der Waals surface area (Å²) in [5.41, 5.74) is 0.635. The Morgan fingerprint density at radius 3 is 2.32 bits per heavy atom. The predicted molar refractivity (Wildman–Crippen MR) is 96.1 cm³/mol. The lowest BCUT2D eigenvalue weighted by Gasteiger charge is -2.36. The second kappa shape index (κ2) is 8.48. The van der Waals surface area contributed by atoms with E-state index in [1.54, 1.807) is 17.0 Å². The Balaban J connectivity index is 1.53. The molecule has 2 atom stereocenters. The van der Waals surface area contributed by atoms with Crippen molar-refractivity contribution < 1.29 is 14.7 Å². The van der Waals surface area contributed by atoms with Crippen molar-refractivity contribution in [1.82, 2.24) is 10.2 Å². The highest BCUT2D eigenvalue weighted by Crippen LogP contribution is 2.24. The summed E-state index contributed by atoms with van der Waals surface area (Å²) < 4.78 is 0. The third-order valence-corrected chi connectivity index (χ3v) is 5.44. The van der Waals surface area contributed by atoms with Crippen LogP contribution in [0.1, 0.15) is 55.3 Å². The number of aliphatic hydroxyl groups is 1. The first-order chi connectivity index (χ1) is 12.1. The topological polar surface area (TPSA) is 69.6 Å². The monoisotopic (exact) mass is 344 g/mol. The summed E-state index contributed by atoms with van der Waals surface area (Å²) in [4.78, 5) is 26.7. The molecule has 0 bridgehead atoms. The Morgan fingerprint density at radius 2 is 1.68 bits per heavy atom. The van der Waals surface area contributed by atoms with Crippen molar-refractivity contribution in [3.05, 3.63) is 35.9 Å². The van der Waals surface area contributed by atoms with Gasteiger partial charge in [0.15, 0.2) is 0 Å². The molecule has 1 aliphatic heterocycles. The highest BCUT2D eigenvalue weighted by atomic mass is 16.3. The average Bonchev–Trinajstić information content (AvgIpc) is 2.93. The second-order valence-corrected chi connectivity index (χ2v) is 7.28. The molecule has 1 aromatic carbocycles. The minimum atomic E-state index is -0.712. The summed E-state index contributed by atoms with van der Waals surface area (Å²) in [7, 11) is 0. The van der Waals surface area contributed by atoms with Gasteiger partial charge in [-0.3, -0.25) is 9.59 Å². The van der Waals surface area contributed by atoms with Crippen LogP contribution in [0.4, 0.5) is 0 Å². The van der Waals surface area contributed by atoms with Gasteiger partial charge in [-0.1, -0.05) is 43.9 Å². The number of carbonyl (C=O) groups is 2. The smallest absolute Gasteiger partial charge is 0.253 e. The summed E-state index contributed by atoms with van der Waals surface area (Å²) in [5.74, 6) is 0.0978. The van der Waals surface area contributed by atoms with Gasteiger partial charge in [0.25, 0.3) is 5.91 Å². The molecule has 2 amide bonds. The van der Waals surface area contributed by atoms with E-state index in [1.807, 2.05) is 18.2 Å².